The van der Waals surface area contributed by atoms with E-state index in [1.807, 2.05) is 23.1 Å². The Hall–Kier alpha value is -3.28. The molecule has 2 heterocycles. The second kappa shape index (κ2) is 10.8. The van der Waals surface area contributed by atoms with E-state index >= 15 is 0 Å². The van der Waals surface area contributed by atoms with Crippen molar-refractivity contribution in [1.82, 2.24) is 20.4 Å². The van der Waals surface area contributed by atoms with Gasteiger partial charge in [-0.15, -0.1) is 0 Å². The Morgan fingerprint density at radius 3 is 2.66 bits per heavy atom. The highest BCUT2D eigenvalue weighted by Gasteiger charge is 2.14. The zero-order chi connectivity index (χ0) is 22.2. The van der Waals surface area contributed by atoms with Crippen LogP contribution in [-0.4, -0.2) is 35.4 Å². The van der Waals surface area contributed by atoms with Crippen LogP contribution in [0.15, 0.2) is 72.0 Å². The zero-order valence-corrected chi connectivity index (χ0v) is 19.2. The van der Waals surface area contributed by atoms with Crippen molar-refractivity contribution in [2.24, 2.45) is 4.99 Å². The molecule has 6 heteroatoms. The number of anilines is 1. The van der Waals surface area contributed by atoms with E-state index in [1.165, 1.54) is 35.2 Å². The molecule has 0 radical (unpaired) electrons. The van der Waals surface area contributed by atoms with Gasteiger partial charge >= 0.3 is 0 Å². The molecule has 1 fully saturated rings. The van der Waals surface area contributed by atoms with Gasteiger partial charge in [-0.3, -0.25) is 4.68 Å². The van der Waals surface area contributed by atoms with Crippen LogP contribution in [0.2, 0.25) is 0 Å². The fraction of sp³-hybridized carbons (Fsp3) is 0.385. The molecule has 1 aliphatic rings. The van der Waals surface area contributed by atoms with E-state index in [-0.39, 0.29) is 6.04 Å². The summed E-state index contributed by atoms with van der Waals surface area (Å²) in [5, 5.41) is 11.3. The number of aliphatic imine (C=N–C) groups is 1. The lowest BCUT2D eigenvalue weighted by molar-refractivity contribution is 0.683. The van der Waals surface area contributed by atoms with E-state index in [4.69, 9.17) is 4.99 Å². The number of hydrogen-bond acceptors (Lipinski definition) is 3. The molecule has 0 bridgehead atoms. The molecule has 1 atom stereocenters. The van der Waals surface area contributed by atoms with Crippen molar-refractivity contribution in [1.29, 1.82) is 0 Å². The molecule has 32 heavy (non-hydrogen) atoms. The van der Waals surface area contributed by atoms with E-state index in [0.29, 0.717) is 6.54 Å². The molecular formula is C26H34N6. The minimum absolute atomic E-state index is 0.168. The first kappa shape index (κ1) is 21.9. The van der Waals surface area contributed by atoms with Crippen LogP contribution in [0.1, 0.15) is 49.4 Å². The summed E-state index contributed by atoms with van der Waals surface area (Å²) in [4.78, 5) is 7.33. The van der Waals surface area contributed by atoms with Gasteiger partial charge in [0.2, 0.25) is 0 Å². The Kier molecular flexibility index (Phi) is 7.43. The molecule has 0 spiro atoms. The van der Waals surface area contributed by atoms with Gasteiger partial charge in [0.1, 0.15) is 0 Å². The molecule has 1 aliphatic heterocycles. The van der Waals surface area contributed by atoms with Crippen LogP contribution in [0.3, 0.4) is 0 Å². The number of hydrogen-bond donors (Lipinski definition) is 2. The van der Waals surface area contributed by atoms with E-state index in [1.54, 1.807) is 0 Å². The Labute approximate surface area is 191 Å². The lowest BCUT2D eigenvalue weighted by Gasteiger charge is -2.22. The summed E-state index contributed by atoms with van der Waals surface area (Å²) in [7, 11) is 0. The van der Waals surface area contributed by atoms with Gasteiger partial charge in [-0.2, -0.15) is 5.10 Å². The van der Waals surface area contributed by atoms with Gasteiger partial charge in [0.25, 0.3) is 0 Å². The molecular weight excluding hydrogens is 396 g/mol. The molecule has 0 aliphatic carbocycles. The molecule has 0 amide bonds. The van der Waals surface area contributed by atoms with E-state index < -0.39 is 0 Å². The highest BCUT2D eigenvalue weighted by atomic mass is 15.3. The zero-order valence-electron chi connectivity index (χ0n) is 19.2. The Morgan fingerprint density at radius 1 is 1.06 bits per heavy atom. The third-order valence-corrected chi connectivity index (χ3v) is 5.85. The molecule has 2 aromatic carbocycles. The fourth-order valence-corrected chi connectivity index (χ4v) is 4.15. The molecule has 3 aromatic rings. The number of benzene rings is 2. The number of guanidine groups is 1. The smallest absolute Gasteiger partial charge is 0.192 e. The van der Waals surface area contributed by atoms with Gasteiger partial charge in [0.05, 0.1) is 19.1 Å². The Morgan fingerprint density at radius 2 is 1.88 bits per heavy atom. The summed E-state index contributed by atoms with van der Waals surface area (Å²) in [6.45, 7) is 8.84. The molecule has 1 unspecified atom stereocenters. The van der Waals surface area contributed by atoms with Gasteiger partial charge in [0, 0.05) is 37.7 Å². The third kappa shape index (κ3) is 5.90. The summed E-state index contributed by atoms with van der Waals surface area (Å²) < 4.78 is 1.94. The predicted octanol–water partition coefficient (Wildman–Crippen LogP) is 4.35. The largest absolute Gasteiger partial charge is 0.372 e. The van der Waals surface area contributed by atoms with Crippen molar-refractivity contribution in [3.05, 3.63) is 83.7 Å². The highest BCUT2D eigenvalue weighted by molar-refractivity contribution is 5.80. The fourth-order valence-electron chi connectivity index (χ4n) is 4.15. The third-order valence-electron chi connectivity index (χ3n) is 5.85. The monoisotopic (exact) mass is 430 g/mol. The van der Waals surface area contributed by atoms with Crippen molar-refractivity contribution < 1.29 is 0 Å². The maximum atomic E-state index is 4.85. The van der Waals surface area contributed by atoms with Crippen LogP contribution in [0.4, 0.5) is 5.69 Å². The van der Waals surface area contributed by atoms with Crippen LogP contribution >= 0.6 is 0 Å². The quantitative estimate of drug-likeness (QED) is 0.412. The Balaban J connectivity index is 1.41. The minimum Gasteiger partial charge on any atom is -0.372 e. The number of aromatic nitrogens is 2. The SMILES string of the molecule is CCNC(=NCc1cccc(Cn2cccn2)c1)NC(C)c1cccc(N2CCCC2)c1. The van der Waals surface area contributed by atoms with Gasteiger partial charge in [-0.05, 0) is 61.6 Å². The molecule has 168 valence electrons. The topological polar surface area (TPSA) is 57.5 Å². The van der Waals surface area contributed by atoms with Crippen LogP contribution in [0.25, 0.3) is 0 Å². The van der Waals surface area contributed by atoms with Gasteiger partial charge < -0.3 is 15.5 Å². The van der Waals surface area contributed by atoms with E-state index in [2.05, 4.69) is 83.0 Å². The molecule has 4 rings (SSSR count). The Bertz CT molecular complexity index is 1000. The van der Waals surface area contributed by atoms with Crippen LogP contribution in [0, 0.1) is 0 Å². The second-order valence-electron chi connectivity index (χ2n) is 8.37. The average molecular weight is 431 g/mol. The predicted molar refractivity (Wildman–Crippen MR) is 132 cm³/mol. The number of nitrogens with zero attached hydrogens (tertiary/aromatic N) is 4. The van der Waals surface area contributed by atoms with Gasteiger partial charge in [-0.1, -0.05) is 36.4 Å². The first-order valence-corrected chi connectivity index (χ1v) is 11.7. The normalized spacial score (nSPS) is 15.1. The molecule has 1 saturated heterocycles. The summed E-state index contributed by atoms with van der Waals surface area (Å²) in [6, 6.07) is 19.6. The molecule has 1 aromatic heterocycles. The lowest BCUT2D eigenvalue weighted by atomic mass is 10.1. The maximum Gasteiger partial charge on any atom is 0.192 e. The molecule has 6 nitrogen and oxygen atoms in total. The van der Waals surface area contributed by atoms with Crippen molar-refractivity contribution in [2.45, 2.75) is 45.8 Å². The molecule has 0 saturated carbocycles. The first-order valence-electron chi connectivity index (χ1n) is 11.7. The summed E-state index contributed by atoms with van der Waals surface area (Å²) in [5.41, 5.74) is 5.02. The van der Waals surface area contributed by atoms with Crippen LogP contribution in [0.5, 0.6) is 0 Å². The first-order chi connectivity index (χ1) is 15.7. The van der Waals surface area contributed by atoms with Gasteiger partial charge in [-0.25, -0.2) is 4.99 Å². The van der Waals surface area contributed by atoms with E-state index in [9.17, 15) is 0 Å². The van der Waals surface area contributed by atoms with Crippen molar-refractivity contribution >= 4 is 11.6 Å². The van der Waals surface area contributed by atoms with Gasteiger partial charge in [0.15, 0.2) is 5.96 Å². The molecule has 2 N–H and O–H groups in total. The second-order valence-corrected chi connectivity index (χ2v) is 8.37. The minimum atomic E-state index is 0.168. The number of nitrogens with one attached hydrogen (secondary N) is 2. The van der Waals surface area contributed by atoms with Crippen molar-refractivity contribution in [3.8, 4) is 0 Å². The standard InChI is InChI=1S/C26H34N6/c1-3-27-26(28-19-22-9-6-10-23(17-22)20-32-16-8-13-29-32)30-21(2)24-11-7-12-25(18-24)31-14-4-5-15-31/h6-13,16-18,21H,3-5,14-15,19-20H2,1-2H3,(H2,27,28,30). The van der Waals surface area contributed by atoms with E-state index in [0.717, 1.165) is 32.1 Å². The van der Waals surface area contributed by atoms with Crippen LogP contribution in [-0.2, 0) is 13.1 Å². The maximum absolute atomic E-state index is 4.85. The lowest BCUT2D eigenvalue weighted by Crippen LogP contribution is -2.38. The summed E-state index contributed by atoms with van der Waals surface area (Å²) >= 11 is 0. The summed E-state index contributed by atoms with van der Waals surface area (Å²) in [6.07, 6.45) is 6.37. The van der Waals surface area contributed by atoms with Crippen molar-refractivity contribution in [2.75, 3.05) is 24.5 Å². The highest BCUT2D eigenvalue weighted by Crippen LogP contribution is 2.24. The number of rotatable bonds is 8. The summed E-state index contributed by atoms with van der Waals surface area (Å²) in [5.74, 6) is 0.837. The van der Waals surface area contributed by atoms with Crippen molar-refractivity contribution in [3.63, 3.8) is 0 Å². The average Bonchev–Trinajstić information content (AvgIpc) is 3.53. The van der Waals surface area contributed by atoms with Crippen LogP contribution < -0.4 is 15.5 Å².